The van der Waals surface area contributed by atoms with Crippen molar-refractivity contribution in [1.82, 2.24) is 5.32 Å². The molecule has 0 spiro atoms. The van der Waals surface area contributed by atoms with Gasteiger partial charge in [-0.05, 0) is 38.4 Å². The Morgan fingerprint density at radius 2 is 1.36 bits per heavy atom. The van der Waals surface area contributed by atoms with Crippen LogP contribution in [0.3, 0.4) is 0 Å². The minimum atomic E-state index is 0.662. The Morgan fingerprint density at radius 3 is 1.57 bits per heavy atom. The smallest absolute Gasteiger partial charge is 0.00490 e. The van der Waals surface area contributed by atoms with Crippen LogP contribution in [0.1, 0.15) is 53.4 Å². The van der Waals surface area contributed by atoms with E-state index in [1.807, 2.05) is 0 Å². The van der Waals surface area contributed by atoms with Crippen molar-refractivity contribution in [3.05, 3.63) is 0 Å². The molecule has 2 nitrogen and oxygen atoms in total. The highest BCUT2D eigenvalue weighted by Crippen LogP contribution is 1.85. The fourth-order valence-electron chi connectivity index (χ4n) is 0.729. The minimum Gasteiger partial charge on any atom is -0.330 e. The van der Waals surface area contributed by atoms with Crippen molar-refractivity contribution in [3.63, 3.8) is 0 Å². The van der Waals surface area contributed by atoms with E-state index < -0.39 is 0 Å². The van der Waals surface area contributed by atoms with Crippen LogP contribution in [0.5, 0.6) is 0 Å². The number of nitrogens with two attached hydrogens (primary N) is 1. The van der Waals surface area contributed by atoms with E-state index in [9.17, 15) is 0 Å². The summed E-state index contributed by atoms with van der Waals surface area (Å²) in [5.41, 5.74) is 5.17. The van der Waals surface area contributed by atoms with E-state index in [2.05, 4.69) is 33.0 Å². The van der Waals surface area contributed by atoms with Gasteiger partial charge in [0, 0.05) is 0 Å². The van der Waals surface area contributed by atoms with Gasteiger partial charge in [-0.2, -0.15) is 0 Å². The van der Waals surface area contributed by atoms with Gasteiger partial charge in [-0.15, -0.1) is 0 Å². The monoisotopic (exact) mass is 202 g/mol. The topological polar surface area (TPSA) is 38.0 Å². The lowest BCUT2D eigenvalue weighted by atomic mass is 10.2. The van der Waals surface area contributed by atoms with Crippen molar-refractivity contribution < 1.29 is 0 Å². The fraction of sp³-hybridized carbons (Fsp3) is 1.00. The van der Waals surface area contributed by atoms with Crippen molar-refractivity contribution in [2.45, 2.75) is 53.4 Å². The molecule has 0 fully saturated rings. The molecule has 0 amide bonds. The zero-order valence-corrected chi connectivity index (χ0v) is 10.6. The molecule has 0 aliphatic heterocycles. The molecule has 0 unspecified atom stereocenters. The van der Waals surface area contributed by atoms with E-state index in [4.69, 9.17) is 5.73 Å². The SMILES string of the molecule is CC(C)CN.CCCCNCCCC. The average molecular weight is 202 g/mol. The van der Waals surface area contributed by atoms with E-state index in [-0.39, 0.29) is 0 Å². The minimum absolute atomic E-state index is 0.662. The Morgan fingerprint density at radius 1 is 1.00 bits per heavy atom. The molecule has 0 aromatic rings. The van der Waals surface area contributed by atoms with Crippen LogP contribution in [0.4, 0.5) is 0 Å². The maximum absolute atomic E-state index is 5.17. The Hall–Kier alpha value is -0.0800. The van der Waals surface area contributed by atoms with E-state index in [1.165, 1.54) is 38.8 Å². The van der Waals surface area contributed by atoms with Crippen LogP contribution in [0.25, 0.3) is 0 Å². The van der Waals surface area contributed by atoms with Crippen LogP contribution in [-0.2, 0) is 0 Å². The zero-order chi connectivity index (χ0) is 11.2. The zero-order valence-electron chi connectivity index (χ0n) is 10.6. The highest BCUT2D eigenvalue weighted by atomic mass is 14.8. The fourth-order valence-corrected chi connectivity index (χ4v) is 0.729. The first-order valence-electron chi connectivity index (χ1n) is 6.09. The molecule has 0 aliphatic carbocycles. The lowest BCUT2D eigenvalue weighted by Crippen LogP contribution is -2.15. The standard InChI is InChI=1S/C8H19N.C4H11N/c1-3-5-7-9-8-6-4-2;1-4(2)3-5/h9H,3-8H2,1-2H3;4H,3,5H2,1-2H3. The molecular formula is C12H30N2. The summed E-state index contributed by atoms with van der Waals surface area (Å²) in [7, 11) is 0. The second-order valence-corrected chi connectivity index (χ2v) is 4.09. The quantitative estimate of drug-likeness (QED) is 0.623. The summed E-state index contributed by atoms with van der Waals surface area (Å²) < 4.78 is 0. The number of rotatable bonds is 7. The largest absolute Gasteiger partial charge is 0.330 e. The van der Waals surface area contributed by atoms with Crippen LogP contribution >= 0.6 is 0 Å². The van der Waals surface area contributed by atoms with E-state index in [1.54, 1.807) is 0 Å². The summed E-state index contributed by atoms with van der Waals surface area (Å²) in [6, 6.07) is 0. The molecule has 0 bridgehead atoms. The van der Waals surface area contributed by atoms with Gasteiger partial charge in [-0.1, -0.05) is 40.5 Å². The molecule has 0 atom stereocenters. The van der Waals surface area contributed by atoms with Crippen LogP contribution in [0, 0.1) is 5.92 Å². The maximum atomic E-state index is 5.17. The number of hydrogen-bond donors (Lipinski definition) is 2. The Bertz CT molecular complexity index is 76.4. The van der Waals surface area contributed by atoms with E-state index >= 15 is 0 Å². The molecule has 0 saturated carbocycles. The van der Waals surface area contributed by atoms with Crippen molar-refractivity contribution in [1.29, 1.82) is 0 Å². The van der Waals surface area contributed by atoms with Crippen molar-refractivity contribution in [2.75, 3.05) is 19.6 Å². The van der Waals surface area contributed by atoms with Crippen molar-refractivity contribution in [3.8, 4) is 0 Å². The van der Waals surface area contributed by atoms with E-state index in [0.29, 0.717) is 5.92 Å². The third kappa shape index (κ3) is 22.7. The number of nitrogens with one attached hydrogen (secondary N) is 1. The first-order valence-corrected chi connectivity index (χ1v) is 6.09. The second kappa shape index (κ2) is 15.4. The number of unbranched alkanes of at least 4 members (excludes halogenated alkanes) is 2. The maximum Gasteiger partial charge on any atom is -0.00490 e. The van der Waals surface area contributed by atoms with Crippen LogP contribution < -0.4 is 11.1 Å². The molecule has 0 saturated heterocycles. The molecule has 0 aromatic heterocycles. The molecule has 0 heterocycles. The summed E-state index contributed by atoms with van der Waals surface area (Å²) in [6.07, 6.45) is 5.26. The third-order valence-corrected chi connectivity index (χ3v) is 1.89. The first-order chi connectivity index (χ1) is 6.68. The third-order valence-electron chi connectivity index (χ3n) is 1.89. The summed E-state index contributed by atoms with van der Waals surface area (Å²) in [6.45, 7) is 11.9. The van der Waals surface area contributed by atoms with Gasteiger partial charge in [0.2, 0.25) is 0 Å². The van der Waals surface area contributed by atoms with Gasteiger partial charge in [0.05, 0.1) is 0 Å². The lowest BCUT2D eigenvalue weighted by Gasteiger charge is -1.99. The van der Waals surface area contributed by atoms with Crippen molar-refractivity contribution in [2.24, 2.45) is 11.7 Å². The van der Waals surface area contributed by atoms with Crippen LogP contribution in [0.2, 0.25) is 0 Å². The van der Waals surface area contributed by atoms with Gasteiger partial charge < -0.3 is 11.1 Å². The van der Waals surface area contributed by atoms with Crippen LogP contribution in [-0.4, -0.2) is 19.6 Å². The molecule has 0 aliphatic rings. The number of hydrogen-bond acceptors (Lipinski definition) is 2. The normalized spacial score (nSPS) is 9.86. The molecule has 2 heteroatoms. The Kier molecular flexibility index (Phi) is 18.0. The lowest BCUT2D eigenvalue weighted by molar-refractivity contribution is 0.611. The highest BCUT2D eigenvalue weighted by molar-refractivity contribution is 4.45. The summed E-state index contributed by atoms with van der Waals surface area (Å²) in [5.74, 6) is 0.662. The van der Waals surface area contributed by atoms with Gasteiger partial charge >= 0.3 is 0 Å². The van der Waals surface area contributed by atoms with Crippen molar-refractivity contribution >= 4 is 0 Å². The summed E-state index contributed by atoms with van der Waals surface area (Å²) in [4.78, 5) is 0. The molecule has 14 heavy (non-hydrogen) atoms. The van der Waals surface area contributed by atoms with Gasteiger partial charge in [-0.3, -0.25) is 0 Å². The predicted octanol–water partition coefficient (Wildman–Crippen LogP) is 2.78. The van der Waals surface area contributed by atoms with Gasteiger partial charge in [0.25, 0.3) is 0 Å². The summed E-state index contributed by atoms with van der Waals surface area (Å²) in [5, 5.41) is 3.39. The molecule has 88 valence electrons. The predicted molar refractivity (Wildman–Crippen MR) is 66.6 cm³/mol. The Balaban J connectivity index is 0. The van der Waals surface area contributed by atoms with Gasteiger partial charge in [-0.25, -0.2) is 0 Å². The average Bonchev–Trinajstić information content (AvgIpc) is 2.19. The van der Waals surface area contributed by atoms with Crippen LogP contribution in [0.15, 0.2) is 0 Å². The second-order valence-electron chi connectivity index (χ2n) is 4.09. The highest BCUT2D eigenvalue weighted by Gasteiger charge is 1.83. The summed E-state index contributed by atoms with van der Waals surface area (Å²) >= 11 is 0. The molecular weight excluding hydrogens is 172 g/mol. The van der Waals surface area contributed by atoms with Gasteiger partial charge in [0.1, 0.15) is 0 Å². The molecule has 3 N–H and O–H groups in total. The first kappa shape index (κ1) is 16.4. The Labute approximate surface area is 90.6 Å². The van der Waals surface area contributed by atoms with E-state index in [0.717, 1.165) is 6.54 Å². The molecule has 0 radical (unpaired) electrons. The molecule has 0 aromatic carbocycles. The van der Waals surface area contributed by atoms with Gasteiger partial charge in [0.15, 0.2) is 0 Å². The molecule has 0 rings (SSSR count).